The first-order valence-electron chi connectivity index (χ1n) is 7.80. The van der Waals surface area contributed by atoms with Crippen molar-refractivity contribution in [2.24, 2.45) is 0 Å². The van der Waals surface area contributed by atoms with Gasteiger partial charge in [0.2, 0.25) is 5.76 Å². The van der Waals surface area contributed by atoms with Crippen LogP contribution in [0.5, 0.6) is 0 Å². The molecule has 10 heteroatoms. The first-order valence-corrected chi connectivity index (χ1v) is 7.80. The first-order chi connectivity index (χ1) is 12.8. The number of imidazole rings is 1. The SMILES string of the molecule is Cc1cc(C(=O)Nc2cn[nH]c2-c2nc3ccccc3[nH]2)c(C(F)(F)F)o1. The lowest BCUT2D eigenvalue weighted by atomic mass is 10.2. The number of anilines is 1. The van der Waals surface area contributed by atoms with Crippen LogP contribution in [0.2, 0.25) is 0 Å². The van der Waals surface area contributed by atoms with E-state index in [9.17, 15) is 18.0 Å². The number of aromatic amines is 2. The quantitative estimate of drug-likeness (QED) is 0.501. The summed E-state index contributed by atoms with van der Waals surface area (Å²) in [5.41, 5.74) is 1.39. The maximum Gasteiger partial charge on any atom is 0.450 e. The minimum atomic E-state index is -4.78. The van der Waals surface area contributed by atoms with Crippen LogP contribution in [0.1, 0.15) is 21.9 Å². The van der Waals surface area contributed by atoms with Crippen molar-refractivity contribution in [2.75, 3.05) is 5.32 Å². The van der Waals surface area contributed by atoms with Crippen molar-refractivity contribution < 1.29 is 22.4 Å². The van der Waals surface area contributed by atoms with E-state index in [0.717, 1.165) is 11.6 Å². The molecule has 0 radical (unpaired) electrons. The molecule has 0 unspecified atom stereocenters. The van der Waals surface area contributed by atoms with Gasteiger partial charge in [0.05, 0.1) is 28.5 Å². The van der Waals surface area contributed by atoms with Crippen molar-refractivity contribution in [3.8, 4) is 11.5 Å². The van der Waals surface area contributed by atoms with Crippen LogP contribution in [0.15, 0.2) is 40.9 Å². The van der Waals surface area contributed by atoms with Crippen molar-refractivity contribution in [2.45, 2.75) is 13.1 Å². The van der Waals surface area contributed by atoms with Gasteiger partial charge in [-0.2, -0.15) is 18.3 Å². The number of alkyl halides is 3. The number of aryl methyl sites for hydroxylation is 1. The third-order valence-corrected chi connectivity index (χ3v) is 3.87. The monoisotopic (exact) mass is 375 g/mol. The second kappa shape index (κ2) is 6.01. The highest BCUT2D eigenvalue weighted by atomic mass is 19.4. The summed E-state index contributed by atoms with van der Waals surface area (Å²) in [6, 6.07) is 8.32. The van der Waals surface area contributed by atoms with E-state index in [0.29, 0.717) is 17.0 Å². The van der Waals surface area contributed by atoms with Gasteiger partial charge >= 0.3 is 6.18 Å². The molecule has 4 rings (SSSR count). The average molecular weight is 375 g/mol. The van der Waals surface area contributed by atoms with Gasteiger partial charge < -0.3 is 14.7 Å². The highest BCUT2D eigenvalue weighted by Gasteiger charge is 2.40. The topological polar surface area (TPSA) is 99.6 Å². The maximum atomic E-state index is 13.1. The number of para-hydroxylation sites is 2. The van der Waals surface area contributed by atoms with Gasteiger partial charge in [0.25, 0.3) is 5.91 Å². The standard InChI is InChI=1S/C17H12F3N5O2/c1-8-6-9(14(27-8)17(18,19)20)16(26)24-12-7-21-25-13(12)15-22-10-4-2-3-5-11(10)23-15/h2-7H,1H3,(H,21,25)(H,22,23)(H,24,26). The van der Waals surface area contributed by atoms with Gasteiger partial charge in [-0.05, 0) is 25.1 Å². The van der Waals surface area contributed by atoms with Crippen molar-refractivity contribution in [1.82, 2.24) is 20.2 Å². The molecule has 0 saturated heterocycles. The molecular weight excluding hydrogens is 363 g/mol. The molecule has 4 aromatic rings. The van der Waals surface area contributed by atoms with Crippen molar-refractivity contribution in [3.63, 3.8) is 0 Å². The summed E-state index contributed by atoms with van der Waals surface area (Å²) in [7, 11) is 0. The summed E-state index contributed by atoms with van der Waals surface area (Å²) in [4.78, 5) is 19.8. The first kappa shape index (κ1) is 16.9. The molecule has 0 aliphatic heterocycles. The van der Waals surface area contributed by atoms with Crippen LogP contribution in [0.25, 0.3) is 22.6 Å². The number of furan rings is 1. The summed E-state index contributed by atoms with van der Waals surface area (Å²) in [6.45, 7) is 1.34. The minimum absolute atomic E-state index is 0.0165. The van der Waals surface area contributed by atoms with E-state index >= 15 is 0 Å². The van der Waals surface area contributed by atoms with Gasteiger partial charge in [0, 0.05) is 0 Å². The molecule has 0 aliphatic rings. The Labute approximate surface area is 149 Å². The van der Waals surface area contributed by atoms with E-state index < -0.39 is 23.4 Å². The van der Waals surface area contributed by atoms with Crippen LogP contribution >= 0.6 is 0 Å². The molecule has 1 aromatic carbocycles. The number of amides is 1. The number of hydrogen-bond acceptors (Lipinski definition) is 4. The van der Waals surface area contributed by atoms with Crippen molar-refractivity contribution in [1.29, 1.82) is 0 Å². The molecule has 3 N–H and O–H groups in total. The van der Waals surface area contributed by atoms with E-state index in [4.69, 9.17) is 0 Å². The number of carbonyl (C=O) groups is 1. The van der Waals surface area contributed by atoms with Crippen LogP contribution in [-0.4, -0.2) is 26.1 Å². The molecule has 138 valence electrons. The van der Waals surface area contributed by atoms with E-state index in [2.05, 4.69) is 29.9 Å². The van der Waals surface area contributed by atoms with Gasteiger partial charge in [-0.3, -0.25) is 9.89 Å². The zero-order chi connectivity index (χ0) is 19.2. The zero-order valence-electron chi connectivity index (χ0n) is 13.8. The molecule has 3 aromatic heterocycles. The summed E-state index contributed by atoms with van der Waals surface area (Å²) < 4.78 is 43.8. The highest BCUT2D eigenvalue weighted by Crippen LogP contribution is 2.35. The molecule has 0 fully saturated rings. The number of nitrogens with zero attached hydrogens (tertiary/aromatic N) is 2. The predicted octanol–water partition coefficient (Wildman–Crippen LogP) is 4.13. The number of H-pyrrole nitrogens is 2. The molecule has 27 heavy (non-hydrogen) atoms. The predicted molar refractivity (Wildman–Crippen MR) is 90.1 cm³/mol. The third-order valence-electron chi connectivity index (χ3n) is 3.87. The normalized spacial score (nSPS) is 11.9. The number of nitrogens with one attached hydrogen (secondary N) is 3. The van der Waals surface area contributed by atoms with Crippen molar-refractivity contribution >= 4 is 22.6 Å². The Morgan fingerprint density at radius 2 is 2.04 bits per heavy atom. The fraction of sp³-hybridized carbons (Fsp3) is 0.118. The Bertz CT molecular complexity index is 1110. The molecule has 0 aliphatic carbocycles. The highest BCUT2D eigenvalue weighted by molar-refractivity contribution is 6.06. The number of rotatable bonds is 3. The fourth-order valence-corrected chi connectivity index (χ4v) is 2.72. The number of fused-ring (bicyclic) bond motifs is 1. The van der Waals surface area contributed by atoms with Gasteiger partial charge in [0.15, 0.2) is 5.82 Å². The summed E-state index contributed by atoms with van der Waals surface area (Å²) in [6.07, 6.45) is -3.49. The number of benzene rings is 1. The Balaban J connectivity index is 1.67. The maximum absolute atomic E-state index is 13.1. The molecule has 0 bridgehead atoms. The largest absolute Gasteiger partial charge is 0.456 e. The third kappa shape index (κ3) is 3.05. The summed E-state index contributed by atoms with van der Waals surface area (Å²) in [5, 5.41) is 8.95. The molecule has 0 atom stereocenters. The van der Waals surface area contributed by atoms with Crippen molar-refractivity contribution in [3.05, 3.63) is 53.6 Å². The van der Waals surface area contributed by atoms with Crippen LogP contribution in [0.4, 0.5) is 18.9 Å². The summed E-state index contributed by atoms with van der Waals surface area (Å²) in [5.74, 6) is -1.93. The van der Waals surface area contributed by atoms with E-state index in [-0.39, 0.29) is 11.4 Å². The summed E-state index contributed by atoms with van der Waals surface area (Å²) >= 11 is 0. The van der Waals surface area contributed by atoms with Gasteiger partial charge in [-0.25, -0.2) is 4.98 Å². The van der Waals surface area contributed by atoms with Crippen LogP contribution < -0.4 is 5.32 Å². The second-order valence-corrected chi connectivity index (χ2v) is 5.81. The van der Waals surface area contributed by atoms with Crippen LogP contribution in [0.3, 0.4) is 0 Å². The van der Waals surface area contributed by atoms with E-state index in [1.165, 1.54) is 13.1 Å². The molecule has 7 nitrogen and oxygen atoms in total. The smallest absolute Gasteiger partial charge is 0.450 e. The Hall–Kier alpha value is -3.56. The van der Waals surface area contributed by atoms with Gasteiger partial charge in [-0.1, -0.05) is 12.1 Å². The lowest BCUT2D eigenvalue weighted by molar-refractivity contribution is -0.153. The fourth-order valence-electron chi connectivity index (χ4n) is 2.72. The number of hydrogen-bond donors (Lipinski definition) is 3. The molecule has 0 saturated carbocycles. The van der Waals surface area contributed by atoms with Gasteiger partial charge in [-0.15, -0.1) is 0 Å². The number of aromatic nitrogens is 4. The average Bonchev–Trinajstić information content (AvgIpc) is 3.30. The molecular formula is C17H12F3N5O2. The number of halogens is 3. The lowest BCUT2D eigenvalue weighted by Crippen LogP contribution is -2.17. The Morgan fingerprint density at radius 3 is 2.78 bits per heavy atom. The Morgan fingerprint density at radius 1 is 1.26 bits per heavy atom. The van der Waals surface area contributed by atoms with Gasteiger partial charge in [0.1, 0.15) is 11.5 Å². The molecule has 3 heterocycles. The lowest BCUT2D eigenvalue weighted by Gasteiger charge is -2.07. The van der Waals surface area contributed by atoms with E-state index in [1.54, 1.807) is 6.07 Å². The number of carbonyl (C=O) groups excluding carboxylic acids is 1. The zero-order valence-corrected chi connectivity index (χ0v) is 13.8. The molecule has 0 spiro atoms. The second-order valence-electron chi connectivity index (χ2n) is 5.81. The van der Waals surface area contributed by atoms with Crippen LogP contribution in [0, 0.1) is 6.92 Å². The van der Waals surface area contributed by atoms with Crippen LogP contribution in [-0.2, 0) is 6.18 Å². The van der Waals surface area contributed by atoms with E-state index in [1.807, 2.05) is 18.2 Å². The molecule has 1 amide bonds. The minimum Gasteiger partial charge on any atom is -0.456 e. The Kier molecular flexibility index (Phi) is 3.76.